The first-order valence-corrected chi connectivity index (χ1v) is 10.8. The maximum Gasteiger partial charge on any atom is 0.307 e. The molecule has 3 aromatic rings. The smallest absolute Gasteiger partial charge is 0.307 e. The van der Waals surface area contributed by atoms with Crippen LogP contribution in [0.3, 0.4) is 0 Å². The van der Waals surface area contributed by atoms with Gasteiger partial charge in [-0.2, -0.15) is 0 Å². The van der Waals surface area contributed by atoms with Gasteiger partial charge in [-0.3, -0.25) is 4.79 Å². The van der Waals surface area contributed by atoms with Gasteiger partial charge in [0.15, 0.2) is 0 Å². The summed E-state index contributed by atoms with van der Waals surface area (Å²) in [4.78, 5) is 11.0. The molecular weight excluding hydrogens is 402 g/mol. The molecule has 0 fully saturated rings. The molecule has 3 N–H and O–H groups in total. The molecule has 0 aliphatic carbocycles. The Labute approximate surface area is 189 Å². The number of aliphatic carboxylic acids is 1. The number of carboxylic acid groups (broad SMARTS) is 1. The van der Waals surface area contributed by atoms with Gasteiger partial charge in [-0.25, -0.2) is 0 Å². The van der Waals surface area contributed by atoms with Crippen LogP contribution in [0.5, 0.6) is 5.75 Å². The zero-order valence-corrected chi connectivity index (χ0v) is 18.6. The number of benzene rings is 3. The highest BCUT2D eigenvalue weighted by Crippen LogP contribution is 2.20. The fourth-order valence-corrected chi connectivity index (χ4v) is 3.61. The summed E-state index contributed by atoms with van der Waals surface area (Å²) in [6.45, 7) is 5.06. The van der Waals surface area contributed by atoms with Crippen LogP contribution in [0, 0.1) is 0 Å². The van der Waals surface area contributed by atoms with E-state index in [0.717, 1.165) is 34.4 Å². The maximum absolute atomic E-state index is 11.0. The van der Waals surface area contributed by atoms with Crippen LogP contribution < -0.4 is 10.1 Å². The molecule has 0 bridgehead atoms. The average Bonchev–Trinajstić information content (AvgIpc) is 2.77. The topological polar surface area (TPSA) is 78.8 Å². The highest BCUT2D eigenvalue weighted by atomic mass is 16.5. The number of ether oxygens (including phenoxy) is 1. The van der Waals surface area contributed by atoms with Gasteiger partial charge in [0.2, 0.25) is 0 Å². The summed E-state index contributed by atoms with van der Waals surface area (Å²) in [5.41, 5.74) is 3.53. The third kappa shape index (κ3) is 7.52. The van der Waals surface area contributed by atoms with Crippen LogP contribution in [0.2, 0.25) is 0 Å². The number of aliphatic hydroxyl groups excluding tert-OH is 1. The summed E-state index contributed by atoms with van der Waals surface area (Å²) in [6, 6.07) is 25.2. The number of rotatable bonds is 11. The minimum Gasteiger partial charge on any atom is -0.489 e. The van der Waals surface area contributed by atoms with Crippen molar-refractivity contribution in [3.05, 3.63) is 101 Å². The van der Waals surface area contributed by atoms with Gasteiger partial charge >= 0.3 is 5.97 Å². The zero-order chi connectivity index (χ0) is 23.0. The average molecular weight is 434 g/mol. The Bertz CT molecular complexity index is 1000. The Morgan fingerprint density at radius 1 is 0.938 bits per heavy atom. The molecule has 5 heteroatoms. The predicted octanol–water partition coefficient (Wildman–Crippen LogP) is 4.54. The second kappa shape index (κ2) is 10.9. The molecule has 0 aliphatic heterocycles. The molecule has 0 saturated carbocycles. The third-order valence-electron chi connectivity index (χ3n) is 5.28. The fourth-order valence-electron chi connectivity index (χ4n) is 3.61. The molecule has 3 rings (SSSR count). The van der Waals surface area contributed by atoms with E-state index in [9.17, 15) is 9.90 Å². The van der Waals surface area contributed by atoms with Crippen molar-refractivity contribution in [2.45, 2.75) is 44.9 Å². The van der Waals surface area contributed by atoms with Crippen molar-refractivity contribution >= 4 is 5.97 Å². The number of nitrogens with one attached hydrogen (secondary N) is 1. The van der Waals surface area contributed by atoms with E-state index in [2.05, 4.69) is 19.2 Å². The lowest BCUT2D eigenvalue weighted by atomic mass is 9.93. The molecule has 0 spiro atoms. The molecule has 1 atom stereocenters. The molecule has 5 nitrogen and oxygen atoms in total. The van der Waals surface area contributed by atoms with E-state index in [1.807, 2.05) is 78.9 Å². The second-order valence-electron chi connectivity index (χ2n) is 8.69. The van der Waals surface area contributed by atoms with Gasteiger partial charge in [0.25, 0.3) is 0 Å². The lowest BCUT2D eigenvalue weighted by Gasteiger charge is -2.28. The lowest BCUT2D eigenvalue weighted by Crippen LogP contribution is -2.43. The van der Waals surface area contributed by atoms with Crippen molar-refractivity contribution in [2.24, 2.45) is 0 Å². The molecule has 0 aromatic heterocycles. The molecule has 3 aromatic carbocycles. The predicted molar refractivity (Wildman–Crippen MR) is 126 cm³/mol. The van der Waals surface area contributed by atoms with Gasteiger partial charge in [-0.15, -0.1) is 0 Å². The molecule has 0 aliphatic rings. The van der Waals surface area contributed by atoms with E-state index in [-0.39, 0.29) is 12.0 Å². The van der Waals surface area contributed by atoms with Crippen molar-refractivity contribution in [1.82, 2.24) is 5.32 Å². The number of carbonyl (C=O) groups is 1. The minimum atomic E-state index is -0.834. The number of β-amino-alcohol motifs (C(OH)–C–C–N with tert-alkyl or cyclic N) is 1. The number of hydrogen-bond acceptors (Lipinski definition) is 4. The normalized spacial score (nSPS) is 12.3. The lowest BCUT2D eigenvalue weighted by molar-refractivity contribution is -0.136. The molecule has 0 radical (unpaired) electrons. The van der Waals surface area contributed by atoms with Gasteiger partial charge in [0.05, 0.1) is 12.5 Å². The van der Waals surface area contributed by atoms with Gasteiger partial charge < -0.3 is 20.3 Å². The van der Waals surface area contributed by atoms with Crippen LogP contribution in [0.25, 0.3) is 0 Å². The fraction of sp³-hybridized carbons (Fsp3) is 0.296. The highest BCUT2D eigenvalue weighted by molar-refractivity contribution is 5.70. The monoisotopic (exact) mass is 433 g/mol. The van der Waals surface area contributed by atoms with Gasteiger partial charge in [0, 0.05) is 12.1 Å². The van der Waals surface area contributed by atoms with Crippen LogP contribution in [0.1, 0.15) is 42.2 Å². The van der Waals surface area contributed by atoms with E-state index in [1.54, 1.807) is 0 Å². The largest absolute Gasteiger partial charge is 0.489 e. The first-order valence-electron chi connectivity index (χ1n) is 10.8. The van der Waals surface area contributed by atoms with Gasteiger partial charge in [0.1, 0.15) is 12.4 Å². The molecule has 32 heavy (non-hydrogen) atoms. The molecular formula is C27H31NO4. The van der Waals surface area contributed by atoms with Crippen molar-refractivity contribution in [2.75, 3.05) is 6.54 Å². The summed E-state index contributed by atoms with van der Waals surface area (Å²) in [5, 5.41) is 23.0. The second-order valence-corrected chi connectivity index (χ2v) is 8.69. The van der Waals surface area contributed by atoms with Crippen molar-refractivity contribution in [1.29, 1.82) is 0 Å². The van der Waals surface area contributed by atoms with Crippen LogP contribution in [-0.2, 0) is 24.2 Å². The number of aliphatic hydroxyl groups is 1. The molecule has 168 valence electrons. The first-order chi connectivity index (χ1) is 15.3. The Morgan fingerprint density at radius 2 is 1.59 bits per heavy atom. The zero-order valence-electron chi connectivity index (χ0n) is 18.6. The van der Waals surface area contributed by atoms with E-state index in [4.69, 9.17) is 9.84 Å². The SMILES string of the molecule is CC(C)(Cc1cccc(CC(=O)O)c1)NCC(O)c1ccc(OCc2ccccc2)cc1. The Kier molecular flexibility index (Phi) is 8.03. The third-order valence-corrected chi connectivity index (χ3v) is 5.28. The van der Waals surface area contributed by atoms with E-state index in [0.29, 0.717) is 13.2 Å². The van der Waals surface area contributed by atoms with E-state index in [1.165, 1.54) is 0 Å². The van der Waals surface area contributed by atoms with E-state index >= 15 is 0 Å². The molecule has 0 saturated heterocycles. The van der Waals surface area contributed by atoms with Gasteiger partial charge in [-0.05, 0) is 54.7 Å². The van der Waals surface area contributed by atoms with E-state index < -0.39 is 12.1 Å². The summed E-state index contributed by atoms with van der Waals surface area (Å²) in [7, 11) is 0. The van der Waals surface area contributed by atoms with Crippen LogP contribution >= 0.6 is 0 Å². The summed E-state index contributed by atoms with van der Waals surface area (Å²) in [5.74, 6) is -0.0709. The summed E-state index contributed by atoms with van der Waals surface area (Å²) < 4.78 is 5.81. The first kappa shape index (κ1) is 23.5. The molecule has 1 unspecified atom stereocenters. The minimum absolute atomic E-state index is 0.0193. The number of carboxylic acids is 1. The molecule has 0 amide bonds. The Hall–Kier alpha value is -3.15. The standard InChI is InChI=1S/C27H31NO4/c1-27(2,17-22-10-6-9-21(15-22)16-26(30)31)28-18-25(29)23-11-13-24(14-12-23)32-19-20-7-4-3-5-8-20/h3-15,25,28-29H,16-19H2,1-2H3,(H,30,31). The molecule has 0 heterocycles. The van der Waals surface area contributed by atoms with Crippen molar-refractivity contribution in [3.8, 4) is 5.75 Å². The van der Waals surface area contributed by atoms with Crippen LogP contribution in [-0.4, -0.2) is 28.3 Å². The summed E-state index contributed by atoms with van der Waals surface area (Å²) >= 11 is 0. The quantitative estimate of drug-likeness (QED) is 0.414. The Balaban J connectivity index is 1.50. The van der Waals surface area contributed by atoms with Crippen LogP contribution in [0.4, 0.5) is 0 Å². The van der Waals surface area contributed by atoms with Crippen LogP contribution in [0.15, 0.2) is 78.9 Å². The maximum atomic E-state index is 11.0. The number of hydrogen-bond donors (Lipinski definition) is 3. The summed E-state index contributed by atoms with van der Waals surface area (Å²) in [6.07, 6.45) is 0.0982. The Morgan fingerprint density at radius 3 is 2.28 bits per heavy atom. The highest BCUT2D eigenvalue weighted by Gasteiger charge is 2.20. The van der Waals surface area contributed by atoms with Crippen molar-refractivity contribution in [3.63, 3.8) is 0 Å². The van der Waals surface area contributed by atoms with Gasteiger partial charge in [-0.1, -0.05) is 66.7 Å². The van der Waals surface area contributed by atoms with Crippen molar-refractivity contribution < 1.29 is 19.7 Å².